The van der Waals surface area contributed by atoms with Gasteiger partial charge in [0.1, 0.15) is 0 Å². The molecule has 1 heterocycles. The molecule has 1 aromatic carbocycles. The minimum absolute atomic E-state index is 0.186. The fraction of sp³-hybridized carbons (Fsp3) is 0.333. The van der Waals surface area contributed by atoms with Crippen molar-refractivity contribution in [2.45, 2.75) is 25.4 Å². The lowest BCUT2D eigenvalue weighted by Crippen LogP contribution is -2.45. The number of terminal acetylenes is 1. The Balaban J connectivity index is 2.17. The van der Waals surface area contributed by atoms with Crippen LogP contribution >= 0.6 is 0 Å². The highest BCUT2D eigenvalue weighted by Gasteiger charge is 2.25. The summed E-state index contributed by atoms with van der Waals surface area (Å²) in [5.41, 5.74) is 7.89. The fourth-order valence-electron chi connectivity index (χ4n) is 2.33. The first-order valence-electron chi connectivity index (χ1n) is 6.36. The van der Waals surface area contributed by atoms with Gasteiger partial charge in [-0.05, 0) is 29.7 Å². The van der Waals surface area contributed by atoms with Gasteiger partial charge in [0.15, 0.2) is 0 Å². The number of amides is 1. The highest BCUT2D eigenvalue weighted by Crippen LogP contribution is 2.21. The van der Waals surface area contributed by atoms with Gasteiger partial charge in [-0.25, -0.2) is 4.79 Å². The van der Waals surface area contributed by atoms with E-state index in [9.17, 15) is 9.59 Å². The van der Waals surface area contributed by atoms with E-state index >= 15 is 0 Å². The molecule has 1 amide bonds. The third-order valence-corrected chi connectivity index (χ3v) is 3.43. The van der Waals surface area contributed by atoms with E-state index in [1.54, 1.807) is 17.0 Å². The zero-order chi connectivity index (χ0) is 14.7. The molecule has 5 heteroatoms. The van der Waals surface area contributed by atoms with Gasteiger partial charge < -0.3 is 15.7 Å². The second kappa shape index (κ2) is 5.76. The lowest BCUT2D eigenvalue weighted by Gasteiger charge is -2.30. The van der Waals surface area contributed by atoms with Gasteiger partial charge in [-0.2, -0.15) is 0 Å². The molecular formula is C15H16N2O3. The van der Waals surface area contributed by atoms with E-state index in [2.05, 4.69) is 5.92 Å². The Morgan fingerprint density at radius 3 is 2.85 bits per heavy atom. The number of aromatic carboxylic acids is 1. The van der Waals surface area contributed by atoms with Crippen LogP contribution in [0.5, 0.6) is 0 Å². The van der Waals surface area contributed by atoms with E-state index in [1.165, 1.54) is 0 Å². The Labute approximate surface area is 117 Å². The van der Waals surface area contributed by atoms with Gasteiger partial charge in [-0.3, -0.25) is 4.79 Å². The van der Waals surface area contributed by atoms with Gasteiger partial charge in [0, 0.05) is 19.5 Å². The van der Waals surface area contributed by atoms with Gasteiger partial charge in [0.05, 0.1) is 11.6 Å². The Morgan fingerprint density at radius 2 is 2.20 bits per heavy atom. The summed E-state index contributed by atoms with van der Waals surface area (Å²) in [5, 5.41) is 9.00. The van der Waals surface area contributed by atoms with Crippen LogP contribution in [0.25, 0.3) is 0 Å². The molecule has 20 heavy (non-hydrogen) atoms. The molecule has 104 valence electrons. The summed E-state index contributed by atoms with van der Waals surface area (Å²) >= 11 is 0. The zero-order valence-corrected chi connectivity index (χ0v) is 11.0. The van der Waals surface area contributed by atoms with Crippen LogP contribution in [0.3, 0.4) is 0 Å². The van der Waals surface area contributed by atoms with Crippen LogP contribution in [0.2, 0.25) is 0 Å². The lowest BCUT2D eigenvalue weighted by atomic mass is 9.97. The average Bonchev–Trinajstić information content (AvgIpc) is 2.45. The number of fused-ring (bicyclic) bond motifs is 1. The number of nitrogens with zero attached hydrogens (tertiary/aromatic N) is 1. The molecule has 0 bridgehead atoms. The lowest BCUT2D eigenvalue weighted by molar-refractivity contribution is -0.133. The number of carboxylic acid groups (broad SMARTS) is 1. The zero-order valence-electron chi connectivity index (χ0n) is 11.0. The van der Waals surface area contributed by atoms with Gasteiger partial charge in [0.25, 0.3) is 0 Å². The number of carbonyl (C=O) groups excluding carboxylic acids is 1. The van der Waals surface area contributed by atoms with Crippen LogP contribution in [0.15, 0.2) is 18.2 Å². The summed E-state index contributed by atoms with van der Waals surface area (Å²) in [6.45, 7) is 0.962. The van der Waals surface area contributed by atoms with E-state index in [0.717, 1.165) is 11.1 Å². The third-order valence-electron chi connectivity index (χ3n) is 3.43. The molecule has 1 aliphatic rings. The number of carbonyl (C=O) groups is 2. The molecule has 0 radical (unpaired) electrons. The first-order valence-corrected chi connectivity index (χ1v) is 6.36. The summed E-state index contributed by atoms with van der Waals surface area (Å²) in [6, 6.07) is 4.32. The molecular weight excluding hydrogens is 256 g/mol. The third kappa shape index (κ3) is 2.81. The first kappa shape index (κ1) is 14.1. The average molecular weight is 272 g/mol. The minimum Gasteiger partial charge on any atom is -0.478 e. The van der Waals surface area contributed by atoms with E-state index < -0.39 is 12.0 Å². The van der Waals surface area contributed by atoms with Gasteiger partial charge in [-0.15, -0.1) is 12.3 Å². The van der Waals surface area contributed by atoms with Crippen molar-refractivity contribution in [3.05, 3.63) is 34.9 Å². The Bertz CT molecular complexity index is 589. The predicted octanol–water partition coefficient (Wildman–Crippen LogP) is 0.620. The normalized spacial score (nSPS) is 15.1. The Hall–Kier alpha value is -2.32. The van der Waals surface area contributed by atoms with E-state index in [4.69, 9.17) is 17.3 Å². The number of nitrogens with two attached hydrogens (primary N) is 1. The topological polar surface area (TPSA) is 83.6 Å². The number of rotatable bonds is 3. The highest BCUT2D eigenvalue weighted by molar-refractivity contribution is 5.88. The summed E-state index contributed by atoms with van der Waals surface area (Å²) in [5.74, 6) is 1.22. The fourth-order valence-corrected chi connectivity index (χ4v) is 2.33. The molecule has 3 N–H and O–H groups in total. The molecule has 1 atom stereocenters. The molecule has 1 aliphatic heterocycles. The SMILES string of the molecule is C#CCC(N)C(=O)N1CCc2ccc(C(=O)O)cc2C1. The maximum atomic E-state index is 12.1. The molecule has 0 saturated carbocycles. The van der Waals surface area contributed by atoms with Crippen molar-refractivity contribution in [2.75, 3.05) is 6.54 Å². The van der Waals surface area contributed by atoms with E-state index in [0.29, 0.717) is 19.5 Å². The van der Waals surface area contributed by atoms with Crippen molar-refractivity contribution in [3.8, 4) is 12.3 Å². The molecule has 0 aromatic heterocycles. The summed E-state index contributed by atoms with van der Waals surface area (Å²) in [4.78, 5) is 24.7. The summed E-state index contributed by atoms with van der Waals surface area (Å²) in [7, 11) is 0. The largest absolute Gasteiger partial charge is 0.478 e. The Morgan fingerprint density at radius 1 is 1.45 bits per heavy atom. The van der Waals surface area contributed by atoms with Crippen molar-refractivity contribution in [2.24, 2.45) is 5.73 Å². The molecule has 0 saturated heterocycles. The maximum absolute atomic E-state index is 12.1. The van der Waals surface area contributed by atoms with Crippen molar-refractivity contribution < 1.29 is 14.7 Å². The molecule has 2 rings (SSSR count). The van der Waals surface area contributed by atoms with Crippen LogP contribution in [0.4, 0.5) is 0 Å². The van der Waals surface area contributed by atoms with Crippen LogP contribution < -0.4 is 5.73 Å². The molecule has 0 spiro atoms. The second-order valence-corrected chi connectivity index (χ2v) is 4.81. The maximum Gasteiger partial charge on any atom is 0.335 e. The number of hydrogen-bond donors (Lipinski definition) is 2. The highest BCUT2D eigenvalue weighted by atomic mass is 16.4. The van der Waals surface area contributed by atoms with Crippen LogP contribution in [0.1, 0.15) is 27.9 Å². The van der Waals surface area contributed by atoms with Crippen LogP contribution in [0, 0.1) is 12.3 Å². The predicted molar refractivity (Wildman–Crippen MR) is 73.9 cm³/mol. The molecule has 1 aromatic rings. The molecule has 0 aliphatic carbocycles. The van der Waals surface area contributed by atoms with E-state index in [-0.39, 0.29) is 17.9 Å². The molecule has 1 unspecified atom stereocenters. The number of hydrogen-bond acceptors (Lipinski definition) is 3. The van der Waals surface area contributed by atoms with Crippen molar-refractivity contribution in [3.63, 3.8) is 0 Å². The van der Waals surface area contributed by atoms with Gasteiger partial charge in [-0.1, -0.05) is 6.07 Å². The monoisotopic (exact) mass is 272 g/mol. The number of carboxylic acids is 1. The van der Waals surface area contributed by atoms with Crippen molar-refractivity contribution >= 4 is 11.9 Å². The Kier molecular flexibility index (Phi) is 4.06. The quantitative estimate of drug-likeness (QED) is 0.790. The molecule has 5 nitrogen and oxygen atoms in total. The van der Waals surface area contributed by atoms with Crippen molar-refractivity contribution in [1.29, 1.82) is 0 Å². The number of benzene rings is 1. The summed E-state index contributed by atoms with van der Waals surface area (Å²) in [6.07, 6.45) is 6.06. The molecule has 0 fully saturated rings. The van der Waals surface area contributed by atoms with Gasteiger partial charge >= 0.3 is 5.97 Å². The van der Waals surface area contributed by atoms with Gasteiger partial charge in [0.2, 0.25) is 5.91 Å². The van der Waals surface area contributed by atoms with E-state index in [1.807, 2.05) is 6.07 Å². The smallest absolute Gasteiger partial charge is 0.335 e. The van der Waals surface area contributed by atoms with Crippen LogP contribution in [-0.2, 0) is 17.8 Å². The van der Waals surface area contributed by atoms with Crippen LogP contribution in [-0.4, -0.2) is 34.5 Å². The first-order chi connectivity index (χ1) is 9.52. The minimum atomic E-state index is -0.972. The standard InChI is InChI=1S/C15H16N2O3/c1-2-3-13(16)14(18)17-7-6-10-4-5-11(15(19)20)8-12(10)9-17/h1,4-5,8,13H,3,6-7,9,16H2,(H,19,20). The second-order valence-electron chi connectivity index (χ2n) is 4.81. The summed E-state index contributed by atoms with van der Waals surface area (Å²) < 4.78 is 0. The van der Waals surface area contributed by atoms with Crippen molar-refractivity contribution in [1.82, 2.24) is 4.90 Å².